The van der Waals surface area contributed by atoms with Crippen LogP contribution < -0.4 is 9.47 Å². The van der Waals surface area contributed by atoms with Crippen LogP contribution in [0.25, 0.3) is 0 Å². The molecule has 5 atom stereocenters. The molecular formula is C20H28O4. The summed E-state index contributed by atoms with van der Waals surface area (Å²) in [6.45, 7) is 4.54. The summed E-state index contributed by atoms with van der Waals surface area (Å²) in [7, 11) is 0. The minimum atomic E-state index is 0.354. The van der Waals surface area contributed by atoms with Crippen molar-refractivity contribution in [2.75, 3.05) is 19.8 Å². The molecule has 1 saturated carbocycles. The first-order chi connectivity index (χ1) is 11.8. The van der Waals surface area contributed by atoms with Gasteiger partial charge in [-0.3, -0.25) is 0 Å². The molecule has 4 nitrogen and oxygen atoms in total. The topological polar surface area (TPSA) is 40.2 Å². The zero-order valence-corrected chi connectivity index (χ0v) is 14.5. The Morgan fingerprint density at radius 2 is 1.71 bits per heavy atom. The maximum absolute atomic E-state index is 6.01. The summed E-state index contributed by atoms with van der Waals surface area (Å²) in [6, 6.07) is 8.06. The van der Waals surface area contributed by atoms with Gasteiger partial charge >= 0.3 is 0 Å². The first-order valence-electron chi connectivity index (χ1n) is 9.39. The highest BCUT2D eigenvalue weighted by Crippen LogP contribution is 2.39. The van der Waals surface area contributed by atoms with Crippen molar-refractivity contribution in [1.29, 1.82) is 0 Å². The molecule has 4 heteroatoms. The van der Waals surface area contributed by atoms with E-state index in [4.69, 9.17) is 18.9 Å². The molecule has 0 bridgehead atoms. The molecule has 1 aromatic rings. The molecule has 3 aliphatic rings. The maximum atomic E-state index is 6.01. The second-order valence-electron chi connectivity index (χ2n) is 7.56. The molecule has 0 spiro atoms. The molecule has 0 radical (unpaired) electrons. The zero-order chi connectivity index (χ0) is 16.4. The molecule has 24 heavy (non-hydrogen) atoms. The van der Waals surface area contributed by atoms with Crippen LogP contribution in [0.5, 0.6) is 11.5 Å². The Balaban J connectivity index is 1.24. The van der Waals surface area contributed by atoms with Gasteiger partial charge in [-0.1, -0.05) is 6.07 Å². The number of benzene rings is 1. The van der Waals surface area contributed by atoms with Crippen LogP contribution >= 0.6 is 0 Å². The van der Waals surface area contributed by atoms with E-state index in [1.807, 2.05) is 24.3 Å². The maximum Gasteiger partial charge on any atom is 0.122 e. The molecule has 3 fully saturated rings. The predicted octanol–water partition coefficient (Wildman–Crippen LogP) is 3.83. The van der Waals surface area contributed by atoms with Crippen LogP contribution in [0.3, 0.4) is 0 Å². The van der Waals surface area contributed by atoms with Crippen molar-refractivity contribution in [2.24, 2.45) is 11.8 Å². The van der Waals surface area contributed by atoms with Gasteiger partial charge in [0.25, 0.3) is 0 Å². The highest BCUT2D eigenvalue weighted by molar-refractivity contribution is 5.33. The second-order valence-corrected chi connectivity index (χ2v) is 7.56. The van der Waals surface area contributed by atoms with Crippen LogP contribution in [-0.2, 0) is 9.47 Å². The van der Waals surface area contributed by atoms with Gasteiger partial charge in [-0.2, -0.15) is 0 Å². The second kappa shape index (κ2) is 7.32. The Labute approximate surface area is 144 Å². The Bertz CT molecular complexity index is 521. The fourth-order valence-electron chi connectivity index (χ4n) is 3.96. The smallest absolute Gasteiger partial charge is 0.122 e. The molecule has 2 heterocycles. The largest absolute Gasteiger partial charge is 0.493 e. The Morgan fingerprint density at radius 3 is 2.42 bits per heavy atom. The van der Waals surface area contributed by atoms with Gasteiger partial charge in [0, 0.05) is 12.7 Å². The van der Waals surface area contributed by atoms with E-state index in [9.17, 15) is 0 Å². The predicted molar refractivity (Wildman–Crippen MR) is 91.6 cm³/mol. The molecular weight excluding hydrogens is 304 g/mol. The van der Waals surface area contributed by atoms with Gasteiger partial charge < -0.3 is 18.9 Å². The van der Waals surface area contributed by atoms with E-state index >= 15 is 0 Å². The first kappa shape index (κ1) is 16.2. The quantitative estimate of drug-likeness (QED) is 0.742. The summed E-state index contributed by atoms with van der Waals surface area (Å²) < 4.78 is 23.2. The van der Waals surface area contributed by atoms with Gasteiger partial charge in [-0.05, 0) is 63.0 Å². The van der Waals surface area contributed by atoms with Crippen molar-refractivity contribution in [3.63, 3.8) is 0 Å². The third kappa shape index (κ3) is 4.22. The summed E-state index contributed by atoms with van der Waals surface area (Å²) in [6.07, 6.45) is 7.18. The number of epoxide rings is 1. The zero-order valence-electron chi connectivity index (χ0n) is 14.5. The lowest BCUT2D eigenvalue weighted by molar-refractivity contribution is -0.00786. The number of hydrogen-bond donors (Lipinski definition) is 0. The van der Waals surface area contributed by atoms with E-state index in [1.165, 1.54) is 12.8 Å². The molecule has 2 aliphatic heterocycles. The molecule has 0 amide bonds. The SMILES string of the molecule is CC1CC(COc2cccc(OCC3CCC4OC4C3)c2)CCO1. The van der Waals surface area contributed by atoms with Gasteiger partial charge in [0.2, 0.25) is 0 Å². The Morgan fingerprint density at radius 1 is 0.958 bits per heavy atom. The molecule has 2 saturated heterocycles. The summed E-state index contributed by atoms with van der Waals surface area (Å²) >= 11 is 0. The lowest BCUT2D eigenvalue weighted by atomic mass is 9.90. The summed E-state index contributed by atoms with van der Waals surface area (Å²) in [5.74, 6) is 3.03. The van der Waals surface area contributed by atoms with Crippen molar-refractivity contribution in [1.82, 2.24) is 0 Å². The van der Waals surface area contributed by atoms with E-state index in [1.54, 1.807) is 0 Å². The van der Waals surface area contributed by atoms with E-state index < -0.39 is 0 Å². The fraction of sp³-hybridized carbons (Fsp3) is 0.700. The average molecular weight is 332 g/mol. The number of hydrogen-bond acceptors (Lipinski definition) is 4. The van der Waals surface area contributed by atoms with Gasteiger partial charge in [-0.15, -0.1) is 0 Å². The Hall–Kier alpha value is -1.26. The van der Waals surface area contributed by atoms with E-state index in [0.717, 1.165) is 50.6 Å². The fourth-order valence-corrected chi connectivity index (χ4v) is 3.96. The average Bonchev–Trinajstić information content (AvgIpc) is 3.37. The molecule has 0 N–H and O–H groups in total. The van der Waals surface area contributed by atoms with Gasteiger partial charge in [0.15, 0.2) is 0 Å². The molecule has 1 aromatic carbocycles. The highest BCUT2D eigenvalue weighted by atomic mass is 16.6. The first-order valence-corrected chi connectivity index (χ1v) is 9.39. The molecule has 4 rings (SSSR count). The molecule has 0 aromatic heterocycles. The molecule has 5 unspecified atom stereocenters. The standard InChI is InChI=1S/C20H28O4/c1-14-9-16(7-8-21-14)13-23-18-4-2-3-17(11-18)22-12-15-5-6-19-20(10-15)24-19/h2-4,11,14-16,19-20H,5-10,12-13H2,1H3. The lowest BCUT2D eigenvalue weighted by Crippen LogP contribution is -2.27. The minimum Gasteiger partial charge on any atom is -0.493 e. The van der Waals surface area contributed by atoms with Crippen molar-refractivity contribution < 1.29 is 18.9 Å². The van der Waals surface area contributed by atoms with Gasteiger partial charge in [0.05, 0.1) is 31.5 Å². The van der Waals surface area contributed by atoms with Crippen LogP contribution in [0.4, 0.5) is 0 Å². The third-order valence-corrected chi connectivity index (χ3v) is 5.48. The van der Waals surface area contributed by atoms with E-state index in [-0.39, 0.29) is 0 Å². The number of rotatable bonds is 6. The minimum absolute atomic E-state index is 0.354. The summed E-state index contributed by atoms with van der Waals surface area (Å²) in [5, 5.41) is 0. The van der Waals surface area contributed by atoms with Crippen molar-refractivity contribution in [2.45, 2.75) is 57.3 Å². The normalized spacial score (nSPS) is 35.1. The summed E-state index contributed by atoms with van der Waals surface area (Å²) in [4.78, 5) is 0. The van der Waals surface area contributed by atoms with Crippen molar-refractivity contribution in [3.05, 3.63) is 24.3 Å². The van der Waals surface area contributed by atoms with Crippen molar-refractivity contribution in [3.8, 4) is 11.5 Å². The monoisotopic (exact) mass is 332 g/mol. The van der Waals surface area contributed by atoms with E-state index in [2.05, 4.69) is 6.92 Å². The number of fused-ring (bicyclic) bond motifs is 1. The van der Waals surface area contributed by atoms with E-state index in [0.29, 0.717) is 30.1 Å². The van der Waals surface area contributed by atoms with Crippen LogP contribution in [0.2, 0.25) is 0 Å². The van der Waals surface area contributed by atoms with Crippen molar-refractivity contribution >= 4 is 0 Å². The summed E-state index contributed by atoms with van der Waals surface area (Å²) in [5.41, 5.74) is 0. The number of ether oxygens (including phenoxy) is 4. The molecule has 132 valence electrons. The molecule has 1 aliphatic carbocycles. The van der Waals surface area contributed by atoms with Crippen LogP contribution in [0, 0.1) is 11.8 Å². The highest BCUT2D eigenvalue weighted by Gasteiger charge is 2.43. The van der Waals surface area contributed by atoms with Gasteiger partial charge in [-0.25, -0.2) is 0 Å². The van der Waals surface area contributed by atoms with Crippen LogP contribution in [0.1, 0.15) is 39.0 Å². The lowest BCUT2D eigenvalue weighted by Gasteiger charge is -2.27. The van der Waals surface area contributed by atoms with Crippen LogP contribution in [0.15, 0.2) is 24.3 Å². The van der Waals surface area contributed by atoms with Gasteiger partial charge in [0.1, 0.15) is 11.5 Å². The third-order valence-electron chi connectivity index (χ3n) is 5.48. The Kier molecular flexibility index (Phi) is 4.95. The van der Waals surface area contributed by atoms with Crippen LogP contribution in [-0.4, -0.2) is 38.1 Å².